The molecular formula is C17H28O4. The van der Waals surface area contributed by atoms with Gasteiger partial charge >= 0.3 is 5.97 Å². The molecule has 21 heavy (non-hydrogen) atoms. The van der Waals surface area contributed by atoms with E-state index < -0.39 is 6.10 Å². The van der Waals surface area contributed by atoms with Crippen LogP contribution in [0.15, 0.2) is 30.3 Å². The van der Waals surface area contributed by atoms with E-state index in [4.69, 9.17) is 9.47 Å². The molecule has 2 unspecified atom stereocenters. The molecular weight excluding hydrogens is 268 g/mol. The van der Waals surface area contributed by atoms with E-state index in [1.807, 2.05) is 58.0 Å². The fraction of sp³-hybridized carbons (Fsp3) is 0.588. The van der Waals surface area contributed by atoms with Crippen LogP contribution >= 0.6 is 0 Å². The van der Waals surface area contributed by atoms with E-state index in [-0.39, 0.29) is 25.1 Å². The van der Waals surface area contributed by atoms with Gasteiger partial charge in [0.2, 0.25) is 0 Å². The summed E-state index contributed by atoms with van der Waals surface area (Å²) in [6, 6.07) is 9.21. The zero-order valence-electron chi connectivity index (χ0n) is 13.5. The summed E-state index contributed by atoms with van der Waals surface area (Å²) in [5.74, 6) is 0.306. The van der Waals surface area contributed by atoms with Gasteiger partial charge < -0.3 is 14.6 Å². The summed E-state index contributed by atoms with van der Waals surface area (Å²) in [5.41, 5.74) is 0. The molecule has 0 amide bonds. The average molecular weight is 296 g/mol. The SMILES string of the molecule is CC.CCCC(C)C(=O)OCC(O)COc1ccccc1. The first-order valence-electron chi connectivity index (χ1n) is 7.66. The molecule has 2 atom stereocenters. The molecule has 0 aromatic heterocycles. The largest absolute Gasteiger partial charge is 0.491 e. The fourth-order valence-electron chi connectivity index (χ4n) is 1.63. The van der Waals surface area contributed by atoms with Crippen LogP contribution in [0.25, 0.3) is 0 Å². The van der Waals surface area contributed by atoms with Gasteiger partial charge in [-0.25, -0.2) is 0 Å². The highest BCUT2D eigenvalue weighted by atomic mass is 16.5. The molecule has 1 N–H and O–H groups in total. The van der Waals surface area contributed by atoms with Crippen molar-refractivity contribution in [3.63, 3.8) is 0 Å². The van der Waals surface area contributed by atoms with Gasteiger partial charge in [-0.2, -0.15) is 0 Å². The number of carbonyl (C=O) groups is 1. The highest BCUT2D eigenvalue weighted by Gasteiger charge is 2.15. The summed E-state index contributed by atoms with van der Waals surface area (Å²) < 4.78 is 10.4. The number of benzene rings is 1. The third-order valence-corrected chi connectivity index (χ3v) is 2.73. The molecule has 1 aromatic carbocycles. The van der Waals surface area contributed by atoms with E-state index in [1.165, 1.54) is 0 Å². The number of rotatable bonds is 8. The van der Waals surface area contributed by atoms with Crippen LogP contribution in [0.1, 0.15) is 40.5 Å². The number of hydrogen-bond acceptors (Lipinski definition) is 4. The molecule has 0 bridgehead atoms. The van der Waals surface area contributed by atoms with Crippen molar-refractivity contribution in [1.82, 2.24) is 0 Å². The van der Waals surface area contributed by atoms with E-state index in [0.717, 1.165) is 12.8 Å². The van der Waals surface area contributed by atoms with Gasteiger partial charge in [0.15, 0.2) is 0 Å². The Kier molecular flexibility index (Phi) is 11.3. The van der Waals surface area contributed by atoms with Gasteiger partial charge in [-0.15, -0.1) is 0 Å². The zero-order valence-corrected chi connectivity index (χ0v) is 13.5. The number of esters is 1. The second-order valence-electron chi connectivity index (χ2n) is 4.60. The lowest BCUT2D eigenvalue weighted by atomic mass is 10.1. The topological polar surface area (TPSA) is 55.8 Å². The van der Waals surface area contributed by atoms with Crippen LogP contribution in [0.2, 0.25) is 0 Å². The number of para-hydroxylation sites is 1. The Balaban J connectivity index is 0.00000191. The Bertz CT molecular complexity index is 364. The highest BCUT2D eigenvalue weighted by molar-refractivity contribution is 5.71. The predicted molar refractivity (Wildman–Crippen MR) is 84.3 cm³/mol. The van der Waals surface area contributed by atoms with E-state index in [0.29, 0.717) is 5.75 Å². The standard InChI is InChI=1S/C15H22O4.C2H6/c1-3-7-12(2)15(17)19-11-13(16)10-18-14-8-5-4-6-9-14;1-2/h4-6,8-9,12-13,16H,3,7,10-11H2,1-2H3;1-2H3. The molecule has 0 aliphatic carbocycles. The lowest BCUT2D eigenvalue weighted by molar-refractivity contribution is -0.151. The minimum absolute atomic E-state index is 0.0281. The third-order valence-electron chi connectivity index (χ3n) is 2.73. The Morgan fingerprint density at radius 1 is 1.19 bits per heavy atom. The van der Waals surface area contributed by atoms with Crippen molar-refractivity contribution >= 4 is 5.97 Å². The smallest absolute Gasteiger partial charge is 0.308 e. The molecule has 0 aliphatic heterocycles. The Labute approximate surface area is 128 Å². The van der Waals surface area contributed by atoms with E-state index >= 15 is 0 Å². The Morgan fingerprint density at radius 3 is 2.38 bits per heavy atom. The molecule has 4 heteroatoms. The van der Waals surface area contributed by atoms with Crippen molar-refractivity contribution in [2.24, 2.45) is 5.92 Å². The lowest BCUT2D eigenvalue weighted by Gasteiger charge is -2.14. The number of ether oxygens (including phenoxy) is 2. The average Bonchev–Trinajstić information content (AvgIpc) is 2.53. The molecule has 0 spiro atoms. The van der Waals surface area contributed by atoms with E-state index in [2.05, 4.69) is 0 Å². The first kappa shape index (κ1) is 19.4. The monoisotopic (exact) mass is 296 g/mol. The van der Waals surface area contributed by atoms with Gasteiger partial charge in [-0.05, 0) is 18.6 Å². The van der Waals surface area contributed by atoms with Gasteiger partial charge in [0.05, 0.1) is 5.92 Å². The van der Waals surface area contributed by atoms with Gasteiger partial charge in [-0.1, -0.05) is 52.3 Å². The number of carbonyl (C=O) groups excluding carboxylic acids is 1. The second kappa shape index (κ2) is 12.2. The van der Waals surface area contributed by atoms with Crippen LogP contribution in [0.3, 0.4) is 0 Å². The fourth-order valence-corrected chi connectivity index (χ4v) is 1.63. The maximum Gasteiger partial charge on any atom is 0.308 e. The van der Waals surface area contributed by atoms with Gasteiger partial charge in [0.1, 0.15) is 25.1 Å². The molecule has 0 fully saturated rings. The van der Waals surface area contributed by atoms with Crippen molar-refractivity contribution in [2.75, 3.05) is 13.2 Å². The number of aliphatic hydroxyl groups excluding tert-OH is 1. The van der Waals surface area contributed by atoms with Crippen molar-refractivity contribution in [2.45, 2.75) is 46.6 Å². The third kappa shape index (κ3) is 9.08. The molecule has 0 radical (unpaired) electrons. The van der Waals surface area contributed by atoms with Crippen LogP contribution in [-0.4, -0.2) is 30.4 Å². The molecule has 0 saturated carbocycles. The second-order valence-corrected chi connectivity index (χ2v) is 4.60. The van der Waals surface area contributed by atoms with Gasteiger partial charge in [-0.3, -0.25) is 4.79 Å². The normalized spacial score (nSPS) is 12.6. The highest BCUT2D eigenvalue weighted by Crippen LogP contribution is 2.10. The van der Waals surface area contributed by atoms with Crippen molar-refractivity contribution in [1.29, 1.82) is 0 Å². The minimum Gasteiger partial charge on any atom is -0.491 e. The van der Waals surface area contributed by atoms with Crippen molar-refractivity contribution in [3.05, 3.63) is 30.3 Å². The maximum absolute atomic E-state index is 11.5. The predicted octanol–water partition coefficient (Wildman–Crippen LogP) is 3.43. The van der Waals surface area contributed by atoms with Gasteiger partial charge in [0.25, 0.3) is 0 Å². The zero-order chi connectivity index (χ0) is 16.1. The lowest BCUT2D eigenvalue weighted by Crippen LogP contribution is -2.27. The summed E-state index contributed by atoms with van der Waals surface area (Å²) >= 11 is 0. The Morgan fingerprint density at radius 2 is 1.81 bits per heavy atom. The summed E-state index contributed by atoms with van der Waals surface area (Å²) in [6.07, 6.45) is 0.934. The first-order valence-corrected chi connectivity index (χ1v) is 7.66. The summed E-state index contributed by atoms with van der Waals surface area (Å²) in [7, 11) is 0. The van der Waals surface area contributed by atoms with Crippen LogP contribution in [0.5, 0.6) is 5.75 Å². The van der Waals surface area contributed by atoms with Crippen LogP contribution in [0, 0.1) is 5.92 Å². The molecule has 0 heterocycles. The van der Waals surface area contributed by atoms with Crippen LogP contribution in [0.4, 0.5) is 0 Å². The van der Waals surface area contributed by atoms with E-state index in [9.17, 15) is 9.90 Å². The summed E-state index contributed by atoms with van der Waals surface area (Å²) in [6.45, 7) is 7.93. The Hall–Kier alpha value is -1.55. The number of aliphatic hydroxyl groups is 1. The molecule has 1 aromatic rings. The molecule has 0 saturated heterocycles. The van der Waals surface area contributed by atoms with Gasteiger partial charge in [0, 0.05) is 0 Å². The summed E-state index contributed by atoms with van der Waals surface area (Å²) in [4.78, 5) is 11.5. The van der Waals surface area contributed by atoms with Crippen molar-refractivity contribution in [3.8, 4) is 5.75 Å². The number of hydrogen-bond donors (Lipinski definition) is 1. The molecule has 1 rings (SSSR count). The van der Waals surface area contributed by atoms with Crippen LogP contribution < -0.4 is 4.74 Å². The van der Waals surface area contributed by atoms with Crippen LogP contribution in [-0.2, 0) is 9.53 Å². The molecule has 120 valence electrons. The first-order chi connectivity index (χ1) is 10.1. The van der Waals surface area contributed by atoms with E-state index in [1.54, 1.807) is 0 Å². The molecule has 0 aliphatic rings. The maximum atomic E-state index is 11.5. The quantitative estimate of drug-likeness (QED) is 0.747. The summed E-state index contributed by atoms with van der Waals surface area (Å²) in [5, 5.41) is 9.67. The molecule has 4 nitrogen and oxygen atoms in total. The van der Waals surface area contributed by atoms with Crippen molar-refractivity contribution < 1.29 is 19.4 Å². The minimum atomic E-state index is -0.807.